The molecule has 6 heteroatoms. The summed E-state index contributed by atoms with van der Waals surface area (Å²) in [6.45, 7) is 3.90. The van der Waals surface area contributed by atoms with Gasteiger partial charge in [0.05, 0.1) is 25.4 Å². The van der Waals surface area contributed by atoms with Crippen LogP contribution in [-0.4, -0.2) is 62.5 Å². The molecule has 1 aromatic carbocycles. The number of hydrogen-bond donors (Lipinski definition) is 1. The number of ether oxygens (including phenoxy) is 1. The SMILES string of the molecule is COc1ccc(C)cc1NC(=O)C(C)N(C)CC(=O)N(C)C. The molecule has 1 unspecified atom stereocenters. The first-order valence-electron chi connectivity index (χ1n) is 7.12. The normalized spacial score (nSPS) is 12.0. The van der Waals surface area contributed by atoms with Crippen LogP contribution in [0.3, 0.4) is 0 Å². The number of hydrogen-bond acceptors (Lipinski definition) is 4. The zero-order chi connectivity index (χ0) is 16.9. The molecule has 1 N–H and O–H groups in total. The number of nitrogens with one attached hydrogen (secondary N) is 1. The fourth-order valence-electron chi connectivity index (χ4n) is 1.85. The number of rotatable bonds is 6. The molecule has 0 aliphatic carbocycles. The summed E-state index contributed by atoms with van der Waals surface area (Å²) in [4.78, 5) is 27.3. The maximum absolute atomic E-state index is 12.4. The topological polar surface area (TPSA) is 61.9 Å². The van der Waals surface area contributed by atoms with Gasteiger partial charge in [0.15, 0.2) is 0 Å². The number of nitrogens with zero attached hydrogens (tertiary/aromatic N) is 2. The molecule has 1 atom stereocenters. The first kappa shape index (κ1) is 18.0. The van der Waals surface area contributed by atoms with Gasteiger partial charge in [0.1, 0.15) is 5.75 Å². The summed E-state index contributed by atoms with van der Waals surface area (Å²) >= 11 is 0. The fraction of sp³-hybridized carbons (Fsp3) is 0.500. The summed E-state index contributed by atoms with van der Waals surface area (Å²) in [6, 6.07) is 5.15. The van der Waals surface area contributed by atoms with Crippen LogP contribution in [0.15, 0.2) is 18.2 Å². The monoisotopic (exact) mass is 307 g/mol. The van der Waals surface area contributed by atoms with Crippen molar-refractivity contribution in [1.82, 2.24) is 9.80 Å². The van der Waals surface area contributed by atoms with Crippen LogP contribution in [0.1, 0.15) is 12.5 Å². The zero-order valence-corrected chi connectivity index (χ0v) is 14.1. The van der Waals surface area contributed by atoms with Gasteiger partial charge in [-0.15, -0.1) is 0 Å². The van der Waals surface area contributed by atoms with E-state index in [4.69, 9.17) is 4.74 Å². The van der Waals surface area contributed by atoms with Crippen LogP contribution in [0, 0.1) is 6.92 Å². The number of likely N-dealkylation sites (N-methyl/N-ethyl adjacent to an activating group) is 2. The average molecular weight is 307 g/mol. The first-order valence-corrected chi connectivity index (χ1v) is 7.12. The molecule has 0 saturated carbocycles. The molecule has 6 nitrogen and oxygen atoms in total. The summed E-state index contributed by atoms with van der Waals surface area (Å²) < 4.78 is 5.25. The van der Waals surface area contributed by atoms with E-state index in [0.29, 0.717) is 11.4 Å². The van der Waals surface area contributed by atoms with Crippen LogP contribution in [0.4, 0.5) is 5.69 Å². The highest BCUT2D eigenvalue weighted by Crippen LogP contribution is 2.25. The molecule has 0 heterocycles. The van der Waals surface area contributed by atoms with Gasteiger partial charge in [0.2, 0.25) is 11.8 Å². The van der Waals surface area contributed by atoms with E-state index in [2.05, 4.69) is 5.32 Å². The van der Waals surface area contributed by atoms with Crippen molar-refractivity contribution in [2.24, 2.45) is 0 Å². The van der Waals surface area contributed by atoms with Gasteiger partial charge in [0, 0.05) is 14.1 Å². The Bertz CT molecular complexity index is 543. The van der Waals surface area contributed by atoms with Gasteiger partial charge in [-0.2, -0.15) is 0 Å². The largest absolute Gasteiger partial charge is 0.495 e. The van der Waals surface area contributed by atoms with E-state index in [0.717, 1.165) is 5.56 Å². The second-order valence-electron chi connectivity index (χ2n) is 5.57. The Balaban J connectivity index is 2.76. The van der Waals surface area contributed by atoms with E-state index >= 15 is 0 Å². The molecule has 0 aromatic heterocycles. The van der Waals surface area contributed by atoms with Gasteiger partial charge in [-0.25, -0.2) is 0 Å². The van der Waals surface area contributed by atoms with Crippen LogP contribution >= 0.6 is 0 Å². The van der Waals surface area contributed by atoms with Crippen molar-refractivity contribution in [2.75, 3.05) is 40.1 Å². The number of methoxy groups -OCH3 is 1. The van der Waals surface area contributed by atoms with E-state index in [9.17, 15) is 9.59 Å². The maximum atomic E-state index is 12.4. The second-order valence-corrected chi connectivity index (χ2v) is 5.57. The van der Waals surface area contributed by atoms with Gasteiger partial charge in [0.25, 0.3) is 0 Å². The van der Waals surface area contributed by atoms with Crippen molar-refractivity contribution < 1.29 is 14.3 Å². The van der Waals surface area contributed by atoms with Gasteiger partial charge in [-0.05, 0) is 38.6 Å². The van der Waals surface area contributed by atoms with Crippen LogP contribution < -0.4 is 10.1 Å². The fourth-order valence-corrected chi connectivity index (χ4v) is 1.85. The third-order valence-corrected chi connectivity index (χ3v) is 3.54. The molecule has 0 spiro atoms. The highest BCUT2D eigenvalue weighted by atomic mass is 16.5. The van der Waals surface area contributed by atoms with Crippen LogP contribution in [-0.2, 0) is 9.59 Å². The molecule has 0 bridgehead atoms. The summed E-state index contributed by atoms with van der Waals surface area (Å²) in [7, 11) is 6.70. The minimum Gasteiger partial charge on any atom is -0.495 e. The van der Waals surface area contributed by atoms with E-state index in [-0.39, 0.29) is 18.4 Å². The standard InChI is InChI=1S/C16H25N3O3/c1-11-7-8-14(22-6)13(9-11)17-16(21)12(2)19(5)10-15(20)18(3)4/h7-9,12H,10H2,1-6H3,(H,17,21). The van der Waals surface area contributed by atoms with E-state index in [1.165, 1.54) is 4.90 Å². The lowest BCUT2D eigenvalue weighted by molar-refractivity contribution is -0.131. The predicted molar refractivity (Wildman–Crippen MR) is 87.1 cm³/mol. The van der Waals surface area contributed by atoms with Crippen LogP contribution in [0.5, 0.6) is 5.75 Å². The lowest BCUT2D eigenvalue weighted by Gasteiger charge is -2.25. The van der Waals surface area contributed by atoms with E-state index in [1.54, 1.807) is 40.1 Å². The summed E-state index contributed by atoms with van der Waals surface area (Å²) in [5.74, 6) is 0.381. The Morgan fingerprint density at radius 2 is 1.91 bits per heavy atom. The lowest BCUT2D eigenvalue weighted by atomic mass is 10.2. The second kappa shape index (κ2) is 7.79. The smallest absolute Gasteiger partial charge is 0.241 e. The molecule has 0 fully saturated rings. The molecule has 2 amide bonds. The lowest BCUT2D eigenvalue weighted by Crippen LogP contribution is -2.44. The maximum Gasteiger partial charge on any atom is 0.241 e. The minimum absolute atomic E-state index is 0.0460. The molecule has 1 aromatic rings. The average Bonchev–Trinajstić information content (AvgIpc) is 2.46. The number of amides is 2. The molecule has 122 valence electrons. The van der Waals surface area contributed by atoms with Crippen LogP contribution in [0.2, 0.25) is 0 Å². The molecule has 1 rings (SSSR count). The minimum atomic E-state index is -0.436. The van der Waals surface area contributed by atoms with Gasteiger partial charge in [-0.3, -0.25) is 14.5 Å². The molecule has 22 heavy (non-hydrogen) atoms. The molecule has 0 radical (unpaired) electrons. The number of carbonyl (C=O) groups excluding carboxylic acids is 2. The number of carbonyl (C=O) groups is 2. The quantitative estimate of drug-likeness (QED) is 0.862. The van der Waals surface area contributed by atoms with Gasteiger partial charge >= 0.3 is 0 Å². The van der Waals surface area contributed by atoms with Crippen molar-refractivity contribution in [3.8, 4) is 5.75 Å². The van der Waals surface area contributed by atoms with Crippen molar-refractivity contribution in [3.05, 3.63) is 23.8 Å². The number of anilines is 1. The zero-order valence-electron chi connectivity index (χ0n) is 14.1. The Morgan fingerprint density at radius 1 is 1.27 bits per heavy atom. The third-order valence-electron chi connectivity index (χ3n) is 3.54. The predicted octanol–water partition coefficient (Wildman–Crippen LogP) is 1.35. The summed E-state index contributed by atoms with van der Waals surface area (Å²) in [5.41, 5.74) is 1.66. The molecule has 0 aliphatic rings. The first-order chi connectivity index (χ1) is 10.3. The van der Waals surface area contributed by atoms with Crippen LogP contribution in [0.25, 0.3) is 0 Å². The highest BCUT2D eigenvalue weighted by molar-refractivity contribution is 5.96. The molecular formula is C16H25N3O3. The van der Waals surface area contributed by atoms with Crippen molar-refractivity contribution in [3.63, 3.8) is 0 Å². The van der Waals surface area contributed by atoms with Crippen molar-refractivity contribution >= 4 is 17.5 Å². The number of benzene rings is 1. The van der Waals surface area contributed by atoms with Gasteiger partial charge in [-0.1, -0.05) is 6.07 Å². The molecular weight excluding hydrogens is 282 g/mol. The summed E-state index contributed by atoms with van der Waals surface area (Å²) in [6.07, 6.45) is 0. The van der Waals surface area contributed by atoms with E-state index < -0.39 is 6.04 Å². The molecule has 0 saturated heterocycles. The van der Waals surface area contributed by atoms with Gasteiger partial charge < -0.3 is 15.0 Å². The van der Waals surface area contributed by atoms with Crippen molar-refractivity contribution in [2.45, 2.75) is 19.9 Å². The number of aryl methyl sites for hydroxylation is 1. The highest BCUT2D eigenvalue weighted by Gasteiger charge is 2.21. The Labute approximate surface area is 132 Å². The Morgan fingerprint density at radius 3 is 2.45 bits per heavy atom. The Hall–Kier alpha value is -2.08. The third kappa shape index (κ3) is 4.73. The summed E-state index contributed by atoms with van der Waals surface area (Å²) in [5, 5.41) is 2.85. The molecule has 0 aliphatic heterocycles. The Kier molecular flexibility index (Phi) is 6.37. The van der Waals surface area contributed by atoms with Crippen molar-refractivity contribution in [1.29, 1.82) is 0 Å². The van der Waals surface area contributed by atoms with E-state index in [1.807, 2.05) is 25.1 Å².